The molecule has 3 N–H and O–H groups in total. The number of carbonyl (C=O) groups excluding carboxylic acids is 1. The molecule has 20 heavy (non-hydrogen) atoms. The molecule has 1 aliphatic rings. The number of carboxylic acid groups (broad SMARTS) is 1. The van der Waals surface area contributed by atoms with Crippen molar-refractivity contribution in [2.45, 2.75) is 51.5 Å². The smallest absolute Gasteiger partial charge is 0.317 e. The van der Waals surface area contributed by atoms with Gasteiger partial charge in [0.05, 0.1) is 12.6 Å². The number of nitrogens with zero attached hydrogens (tertiary/aromatic N) is 1. The van der Waals surface area contributed by atoms with E-state index in [-0.39, 0.29) is 31.0 Å². The first-order valence-electron chi connectivity index (χ1n) is 7.45. The summed E-state index contributed by atoms with van der Waals surface area (Å²) in [5.41, 5.74) is 0. The van der Waals surface area contributed by atoms with Gasteiger partial charge in [-0.3, -0.25) is 4.79 Å². The maximum absolute atomic E-state index is 12.2. The van der Waals surface area contributed by atoms with Gasteiger partial charge < -0.3 is 20.4 Å². The third-order valence-corrected chi connectivity index (χ3v) is 3.93. The Kier molecular flexibility index (Phi) is 7.36. The van der Waals surface area contributed by atoms with Gasteiger partial charge in [0.1, 0.15) is 0 Å². The maximum Gasteiger partial charge on any atom is 0.317 e. The summed E-state index contributed by atoms with van der Waals surface area (Å²) in [6, 6.07) is -0.299. The van der Waals surface area contributed by atoms with E-state index in [2.05, 4.69) is 5.32 Å². The lowest BCUT2D eigenvalue weighted by atomic mass is 10.0. The van der Waals surface area contributed by atoms with Gasteiger partial charge in [0, 0.05) is 19.5 Å². The lowest BCUT2D eigenvalue weighted by Gasteiger charge is -2.29. The summed E-state index contributed by atoms with van der Waals surface area (Å²) in [6.07, 6.45) is 4.69. The van der Waals surface area contributed by atoms with Gasteiger partial charge in [0.25, 0.3) is 0 Å². The van der Waals surface area contributed by atoms with E-state index in [1.165, 1.54) is 0 Å². The number of urea groups is 1. The van der Waals surface area contributed by atoms with Crippen molar-refractivity contribution in [3.05, 3.63) is 0 Å². The molecule has 0 aromatic carbocycles. The normalized spacial score (nSPS) is 21.1. The molecule has 1 fully saturated rings. The second-order valence-corrected chi connectivity index (χ2v) is 5.44. The lowest BCUT2D eigenvalue weighted by molar-refractivity contribution is -0.138. The van der Waals surface area contributed by atoms with Crippen molar-refractivity contribution in [1.29, 1.82) is 0 Å². The minimum absolute atomic E-state index is 0.0141. The van der Waals surface area contributed by atoms with Crippen LogP contribution >= 0.6 is 0 Å². The van der Waals surface area contributed by atoms with Crippen LogP contribution < -0.4 is 5.32 Å². The summed E-state index contributed by atoms with van der Waals surface area (Å²) in [5.74, 6) is -0.884. The fourth-order valence-corrected chi connectivity index (χ4v) is 2.58. The first-order chi connectivity index (χ1) is 9.58. The van der Waals surface area contributed by atoms with Gasteiger partial charge in [-0.25, -0.2) is 4.79 Å². The van der Waals surface area contributed by atoms with Crippen LogP contribution in [0.2, 0.25) is 0 Å². The van der Waals surface area contributed by atoms with Gasteiger partial charge >= 0.3 is 12.0 Å². The van der Waals surface area contributed by atoms with E-state index < -0.39 is 5.97 Å². The van der Waals surface area contributed by atoms with E-state index in [0.29, 0.717) is 13.1 Å². The van der Waals surface area contributed by atoms with E-state index >= 15 is 0 Å². The summed E-state index contributed by atoms with van der Waals surface area (Å²) in [5, 5.41) is 21.0. The summed E-state index contributed by atoms with van der Waals surface area (Å²) < 4.78 is 0. The zero-order valence-electron chi connectivity index (χ0n) is 12.2. The highest BCUT2D eigenvalue weighted by atomic mass is 16.4. The number of hydrogen-bond donors (Lipinski definition) is 3. The predicted molar refractivity (Wildman–Crippen MR) is 75.5 cm³/mol. The van der Waals surface area contributed by atoms with E-state index in [4.69, 9.17) is 5.11 Å². The van der Waals surface area contributed by atoms with Crippen LogP contribution in [0.15, 0.2) is 0 Å². The first kappa shape index (κ1) is 16.8. The van der Waals surface area contributed by atoms with E-state index in [1.54, 1.807) is 4.90 Å². The molecule has 1 rings (SSSR count). The van der Waals surface area contributed by atoms with Crippen molar-refractivity contribution in [2.75, 3.05) is 19.7 Å². The van der Waals surface area contributed by atoms with Crippen molar-refractivity contribution >= 4 is 12.0 Å². The lowest BCUT2D eigenvalue weighted by Crippen LogP contribution is -2.48. The predicted octanol–water partition coefficient (Wildman–Crippen LogP) is 1.43. The van der Waals surface area contributed by atoms with Crippen molar-refractivity contribution in [1.82, 2.24) is 10.2 Å². The number of carbonyl (C=O) groups is 2. The molecule has 2 amide bonds. The molecule has 2 atom stereocenters. The van der Waals surface area contributed by atoms with Crippen LogP contribution in [0.3, 0.4) is 0 Å². The van der Waals surface area contributed by atoms with Crippen LogP contribution in [0.25, 0.3) is 0 Å². The highest BCUT2D eigenvalue weighted by Gasteiger charge is 2.25. The minimum Gasteiger partial charge on any atom is -0.481 e. The molecule has 0 aromatic rings. The Morgan fingerprint density at radius 3 is 2.70 bits per heavy atom. The van der Waals surface area contributed by atoms with Crippen molar-refractivity contribution in [3.8, 4) is 0 Å². The maximum atomic E-state index is 12.2. The van der Waals surface area contributed by atoms with Crippen LogP contribution in [0.4, 0.5) is 4.79 Å². The quantitative estimate of drug-likeness (QED) is 0.689. The van der Waals surface area contributed by atoms with E-state index in [0.717, 1.165) is 32.1 Å². The number of aliphatic hydroxyl groups is 1. The molecule has 6 heteroatoms. The Hall–Kier alpha value is -1.30. The molecule has 0 aromatic heterocycles. The van der Waals surface area contributed by atoms with Crippen LogP contribution in [0, 0.1) is 5.92 Å². The number of carboxylic acids is 1. The highest BCUT2D eigenvalue weighted by molar-refractivity contribution is 5.74. The minimum atomic E-state index is -0.839. The number of nitrogens with one attached hydrogen (secondary N) is 1. The van der Waals surface area contributed by atoms with Gasteiger partial charge in [-0.2, -0.15) is 0 Å². The largest absolute Gasteiger partial charge is 0.481 e. The number of aliphatic hydroxyl groups excluding tert-OH is 1. The molecule has 1 aliphatic heterocycles. The summed E-state index contributed by atoms with van der Waals surface area (Å²) in [7, 11) is 0. The number of likely N-dealkylation sites (tertiary alicyclic amines) is 1. The fourth-order valence-electron chi connectivity index (χ4n) is 2.58. The zero-order chi connectivity index (χ0) is 15.0. The molecule has 0 saturated carbocycles. The van der Waals surface area contributed by atoms with E-state index in [9.17, 15) is 14.7 Å². The molecular formula is C14H26N2O4. The SMILES string of the molecule is CCC(CNC(=O)N1CCCCCC1CO)CC(=O)O. The van der Waals surface area contributed by atoms with Gasteiger partial charge in [0.15, 0.2) is 0 Å². The average Bonchev–Trinajstić information content (AvgIpc) is 2.67. The second kappa shape index (κ2) is 8.79. The first-order valence-corrected chi connectivity index (χ1v) is 7.45. The van der Waals surface area contributed by atoms with Crippen LogP contribution in [0.5, 0.6) is 0 Å². The summed E-state index contributed by atoms with van der Waals surface area (Å²) in [6.45, 7) is 2.94. The fraction of sp³-hybridized carbons (Fsp3) is 0.857. The zero-order valence-corrected chi connectivity index (χ0v) is 12.2. The third kappa shape index (κ3) is 5.36. The van der Waals surface area contributed by atoms with Crippen LogP contribution in [-0.4, -0.2) is 52.9 Å². The Balaban J connectivity index is 2.48. The Labute approximate surface area is 120 Å². The molecule has 1 heterocycles. The molecule has 0 aliphatic carbocycles. The summed E-state index contributed by atoms with van der Waals surface area (Å²) >= 11 is 0. The van der Waals surface area contributed by atoms with Crippen molar-refractivity contribution in [2.24, 2.45) is 5.92 Å². The van der Waals surface area contributed by atoms with Crippen molar-refractivity contribution < 1.29 is 19.8 Å². The number of aliphatic carboxylic acids is 1. The molecule has 0 radical (unpaired) electrons. The molecule has 6 nitrogen and oxygen atoms in total. The van der Waals surface area contributed by atoms with Crippen LogP contribution in [0.1, 0.15) is 45.4 Å². The highest BCUT2D eigenvalue weighted by Crippen LogP contribution is 2.16. The Morgan fingerprint density at radius 2 is 2.10 bits per heavy atom. The molecular weight excluding hydrogens is 260 g/mol. The molecule has 0 bridgehead atoms. The molecule has 116 valence electrons. The Bertz CT molecular complexity index is 322. The van der Waals surface area contributed by atoms with Gasteiger partial charge in [-0.15, -0.1) is 0 Å². The molecule has 0 spiro atoms. The van der Waals surface area contributed by atoms with Gasteiger partial charge in [-0.1, -0.05) is 26.2 Å². The van der Waals surface area contributed by atoms with Crippen LogP contribution in [-0.2, 0) is 4.79 Å². The molecule has 2 unspecified atom stereocenters. The molecule has 1 saturated heterocycles. The third-order valence-electron chi connectivity index (χ3n) is 3.93. The number of rotatable bonds is 6. The van der Waals surface area contributed by atoms with Gasteiger partial charge in [0.2, 0.25) is 0 Å². The van der Waals surface area contributed by atoms with Crippen molar-refractivity contribution in [3.63, 3.8) is 0 Å². The standard InChI is InChI=1S/C14H26N2O4/c1-2-11(8-13(18)19)9-15-14(20)16-7-5-3-4-6-12(16)10-17/h11-12,17H,2-10H2,1H3,(H,15,20)(H,18,19). The summed E-state index contributed by atoms with van der Waals surface area (Å²) in [4.78, 5) is 24.6. The van der Waals surface area contributed by atoms with Gasteiger partial charge in [-0.05, 0) is 18.8 Å². The van der Waals surface area contributed by atoms with E-state index in [1.807, 2.05) is 6.92 Å². The monoisotopic (exact) mass is 286 g/mol. The number of amides is 2. The second-order valence-electron chi connectivity index (χ2n) is 5.44. The Morgan fingerprint density at radius 1 is 1.35 bits per heavy atom. The number of hydrogen-bond acceptors (Lipinski definition) is 3. The average molecular weight is 286 g/mol. The topological polar surface area (TPSA) is 89.9 Å².